The van der Waals surface area contributed by atoms with Gasteiger partial charge in [-0.05, 0) is 31.0 Å². The minimum atomic E-state index is 0.415. The van der Waals surface area contributed by atoms with Gasteiger partial charge in [-0.3, -0.25) is 0 Å². The lowest BCUT2D eigenvalue weighted by molar-refractivity contribution is 0.556. The van der Waals surface area contributed by atoms with E-state index in [1.165, 1.54) is 11.1 Å². The van der Waals surface area contributed by atoms with Crippen LogP contribution in [0.25, 0.3) is 0 Å². The fourth-order valence-corrected chi connectivity index (χ4v) is 1.71. The molecule has 1 aromatic carbocycles. The van der Waals surface area contributed by atoms with Crippen LogP contribution in [0.4, 0.5) is 0 Å². The summed E-state index contributed by atoms with van der Waals surface area (Å²) in [5.41, 5.74) is 2.73. The van der Waals surface area contributed by atoms with Gasteiger partial charge in [-0.15, -0.1) is 6.58 Å². The van der Waals surface area contributed by atoms with Crippen molar-refractivity contribution < 1.29 is 0 Å². The summed E-state index contributed by atoms with van der Waals surface area (Å²) in [6.07, 6.45) is 2.96. The van der Waals surface area contributed by atoms with Crippen molar-refractivity contribution in [1.82, 2.24) is 5.32 Å². The Bertz CT molecular complexity index is 291. The number of hydrogen-bond acceptors (Lipinski definition) is 1. The zero-order chi connectivity index (χ0) is 10.4. The van der Waals surface area contributed by atoms with Crippen molar-refractivity contribution in [3.05, 3.63) is 48.0 Å². The van der Waals surface area contributed by atoms with E-state index in [0.717, 1.165) is 13.0 Å². The Labute approximate surface area is 86.8 Å². The van der Waals surface area contributed by atoms with E-state index in [-0.39, 0.29) is 0 Å². The maximum atomic E-state index is 3.80. The zero-order valence-corrected chi connectivity index (χ0v) is 9.09. The average Bonchev–Trinajstić information content (AvgIpc) is 2.18. The van der Waals surface area contributed by atoms with Crippen LogP contribution >= 0.6 is 0 Å². The quantitative estimate of drug-likeness (QED) is 0.701. The molecular formula is C13H19N. The van der Waals surface area contributed by atoms with E-state index in [4.69, 9.17) is 0 Å². The third-order valence-corrected chi connectivity index (χ3v) is 2.42. The highest BCUT2D eigenvalue weighted by atomic mass is 14.9. The second kappa shape index (κ2) is 5.61. The van der Waals surface area contributed by atoms with Crippen LogP contribution < -0.4 is 5.32 Å². The summed E-state index contributed by atoms with van der Waals surface area (Å²) in [6.45, 7) is 9.08. The van der Waals surface area contributed by atoms with E-state index in [2.05, 4.69) is 50.0 Å². The first-order valence-corrected chi connectivity index (χ1v) is 5.19. The van der Waals surface area contributed by atoms with E-state index in [0.29, 0.717) is 6.04 Å². The van der Waals surface area contributed by atoms with E-state index in [9.17, 15) is 0 Å². The van der Waals surface area contributed by atoms with Gasteiger partial charge in [-0.2, -0.15) is 0 Å². The molecule has 0 heterocycles. The molecule has 0 spiro atoms. The summed E-state index contributed by atoms with van der Waals surface area (Å²) in [6, 6.07) is 8.93. The Morgan fingerprint density at radius 3 is 2.71 bits per heavy atom. The molecule has 1 N–H and O–H groups in total. The molecule has 1 nitrogen and oxygen atoms in total. The third kappa shape index (κ3) is 2.71. The summed E-state index contributed by atoms with van der Waals surface area (Å²) in [5.74, 6) is 0. The van der Waals surface area contributed by atoms with Gasteiger partial charge in [0.05, 0.1) is 0 Å². The van der Waals surface area contributed by atoms with Gasteiger partial charge in [0.25, 0.3) is 0 Å². The van der Waals surface area contributed by atoms with Gasteiger partial charge < -0.3 is 5.32 Å². The normalized spacial score (nSPS) is 12.4. The zero-order valence-electron chi connectivity index (χ0n) is 9.09. The van der Waals surface area contributed by atoms with Gasteiger partial charge in [0.15, 0.2) is 0 Å². The summed E-state index contributed by atoms with van der Waals surface area (Å²) < 4.78 is 0. The van der Waals surface area contributed by atoms with Crippen LogP contribution in [0.5, 0.6) is 0 Å². The molecule has 0 saturated carbocycles. The molecule has 1 heteroatoms. The average molecular weight is 189 g/mol. The van der Waals surface area contributed by atoms with Crippen molar-refractivity contribution in [2.24, 2.45) is 0 Å². The molecule has 1 aromatic rings. The lowest BCUT2D eigenvalue weighted by Crippen LogP contribution is -2.20. The maximum absolute atomic E-state index is 3.80. The van der Waals surface area contributed by atoms with Gasteiger partial charge in [-0.1, -0.05) is 37.3 Å². The number of hydrogen-bond donors (Lipinski definition) is 1. The summed E-state index contributed by atoms with van der Waals surface area (Å²) in [4.78, 5) is 0. The van der Waals surface area contributed by atoms with Gasteiger partial charge in [0.2, 0.25) is 0 Å². The van der Waals surface area contributed by atoms with Crippen LogP contribution in [0.3, 0.4) is 0 Å². The van der Waals surface area contributed by atoms with E-state index in [1.807, 2.05) is 6.08 Å². The smallest absolute Gasteiger partial charge is 0.0357 e. The highest BCUT2D eigenvalue weighted by molar-refractivity contribution is 5.29. The van der Waals surface area contributed by atoms with Crippen molar-refractivity contribution in [3.8, 4) is 0 Å². The molecule has 0 amide bonds. The largest absolute Gasteiger partial charge is 0.310 e. The minimum Gasteiger partial charge on any atom is -0.310 e. The Morgan fingerprint density at radius 1 is 1.43 bits per heavy atom. The molecule has 0 aliphatic heterocycles. The molecule has 1 atom stereocenters. The minimum absolute atomic E-state index is 0.415. The number of aryl methyl sites for hydroxylation is 1. The highest BCUT2D eigenvalue weighted by Crippen LogP contribution is 2.20. The maximum Gasteiger partial charge on any atom is 0.0357 e. The molecular weight excluding hydrogens is 170 g/mol. The monoisotopic (exact) mass is 189 g/mol. The van der Waals surface area contributed by atoms with E-state index in [1.54, 1.807) is 0 Å². The predicted octanol–water partition coefficient (Wildman–Crippen LogP) is 3.22. The Morgan fingerprint density at radius 2 is 2.14 bits per heavy atom. The van der Waals surface area contributed by atoms with Crippen molar-refractivity contribution in [2.45, 2.75) is 26.3 Å². The molecule has 0 radical (unpaired) electrons. The molecule has 1 unspecified atom stereocenters. The number of benzene rings is 1. The van der Waals surface area contributed by atoms with Crippen LogP contribution in [0.15, 0.2) is 36.9 Å². The molecule has 0 saturated heterocycles. The fraction of sp³-hybridized carbons (Fsp3) is 0.385. The topological polar surface area (TPSA) is 12.0 Å². The first-order chi connectivity index (χ1) is 6.79. The van der Waals surface area contributed by atoms with Crippen molar-refractivity contribution in [3.63, 3.8) is 0 Å². The molecule has 0 aliphatic rings. The van der Waals surface area contributed by atoms with Gasteiger partial charge >= 0.3 is 0 Å². The first-order valence-electron chi connectivity index (χ1n) is 5.19. The van der Waals surface area contributed by atoms with Gasteiger partial charge in [0.1, 0.15) is 0 Å². The summed E-state index contributed by atoms with van der Waals surface area (Å²) in [7, 11) is 0. The lowest BCUT2D eigenvalue weighted by Gasteiger charge is -2.18. The van der Waals surface area contributed by atoms with Crippen molar-refractivity contribution in [2.75, 3.05) is 6.54 Å². The third-order valence-electron chi connectivity index (χ3n) is 2.42. The van der Waals surface area contributed by atoms with Crippen LogP contribution in [0.2, 0.25) is 0 Å². The van der Waals surface area contributed by atoms with Crippen LogP contribution in [0.1, 0.15) is 30.5 Å². The predicted molar refractivity (Wildman–Crippen MR) is 62.4 cm³/mol. The van der Waals surface area contributed by atoms with Gasteiger partial charge in [-0.25, -0.2) is 0 Å². The summed E-state index contributed by atoms with van der Waals surface area (Å²) >= 11 is 0. The SMILES string of the molecule is C=CCC(NCC)c1ccccc1C. The Hall–Kier alpha value is -1.08. The lowest BCUT2D eigenvalue weighted by atomic mass is 9.99. The fourth-order valence-electron chi connectivity index (χ4n) is 1.71. The molecule has 0 aliphatic carbocycles. The Balaban J connectivity index is 2.86. The van der Waals surface area contributed by atoms with E-state index < -0.39 is 0 Å². The molecule has 0 fully saturated rings. The van der Waals surface area contributed by atoms with Crippen LogP contribution in [-0.2, 0) is 0 Å². The Kier molecular flexibility index (Phi) is 4.41. The number of nitrogens with one attached hydrogen (secondary N) is 1. The molecule has 76 valence electrons. The van der Waals surface area contributed by atoms with E-state index >= 15 is 0 Å². The van der Waals surface area contributed by atoms with Gasteiger partial charge in [0, 0.05) is 6.04 Å². The van der Waals surface area contributed by atoms with Crippen LogP contribution in [0, 0.1) is 6.92 Å². The number of rotatable bonds is 5. The molecule has 0 bridgehead atoms. The highest BCUT2D eigenvalue weighted by Gasteiger charge is 2.09. The second-order valence-electron chi connectivity index (χ2n) is 3.49. The summed E-state index contributed by atoms with van der Waals surface area (Å²) in [5, 5.41) is 3.47. The van der Waals surface area contributed by atoms with Crippen LogP contribution in [-0.4, -0.2) is 6.54 Å². The first kappa shape index (κ1) is 11.0. The molecule has 1 rings (SSSR count). The second-order valence-corrected chi connectivity index (χ2v) is 3.49. The van der Waals surface area contributed by atoms with Crippen molar-refractivity contribution >= 4 is 0 Å². The molecule has 14 heavy (non-hydrogen) atoms. The molecule has 0 aromatic heterocycles. The standard InChI is InChI=1S/C13H19N/c1-4-8-13(14-5-2)12-10-7-6-9-11(12)3/h4,6-7,9-10,13-14H,1,5,8H2,2-3H3. The van der Waals surface area contributed by atoms with Crippen molar-refractivity contribution in [1.29, 1.82) is 0 Å².